The molecule has 0 aliphatic carbocycles. The summed E-state index contributed by atoms with van der Waals surface area (Å²) in [7, 11) is 0. The predicted octanol–water partition coefficient (Wildman–Crippen LogP) is 4.40. The van der Waals surface area contributed by atoms with E-state index in [0.29, 0.717) is 12.3 Å². The summed E-state index contributed by atoms with van der Waals surface area (Å²) in [4.78, 5) is 38.3. The maximum atomic E-state index is 13.1. The molecule has 0 saturated carbocycles. The molecule has 0 fully saturated rings. The van der Waals surface area contributed by atoms with Crippen molar-refractivity contribution in [2.45, 2.75) is 85.8 Å². The standard InChI is InChI=1S/C25H39NO5/c1-9-30-23(28)20(15-18-10-12-19(13-11-18)17(4)5)22(27)26-21(14-16(2)3)24(29)31-25(6,7)8/h10-13,16-17,20-21H,9,14-15H2,1-8H3,(H,26,27). The lowest BCUT2D eigenvalue weighted by atomic mass is 9.94. The van der Waals surface area contributed by atoms with Crippen LogP contribution in [0.2, 0.25) is 0 Å². The molecule has 0 saturated heterocycles. The van der Waals surface area contributed by atoms with Crippen molar-refractivity contribution in [3.05, 3.63) is 35.4 Å². The molecule has 0 radical (unpaired) electrons. The lowest BCUT2D eigenvalue weighted by Gasteiger charge is -2.26. The Morgan fingerprint density at radius 1 is 0.968 bits per heavy atom. The van der Waals surface area contributed by atoms with E-state index in [1.807, 2.05) is 38.1 Å². The molecule has 1 aromatic carbocycles. The molecule has 1 N–H and O–H groups in total. The summed E-state index contributed by atoms with van der Waals surface area (Å²) in [6, 6.07) is 7.03. The number of hydrogen-bond acceptors (Lipinski definition) is 5. The Morgan fingerprint density at radius 3 is 2.00 bits per heavy atom. The number of benzene rings is 1. The van der Waals surface area contributed by atoms with E-state index in [-0.39, 0.29) is 18.9 Å². The highest BCUT2D eigenvalue weighted by molar-refractivity contribution is 5.99. The van der Waals surface area contributed by atoms with Crippen LogP contribution in [0.25, 0.3) is 0 Å². The average molecular weight is 434 g/mol. The fourth-order valence-corrected chi connectivity index (χ4v) is 3.13. The van der Waals surface area contributed by atoms with Gasteiger partial charge >= 0.3 is 11.9 Å². The Hall–Kier alpha value is -2.37. The number of carbonyl (C=O) groups excluding carboxylic acids is 3. The number of nitrogens with one attached hydrogen (secondary N) is 1. The first-order valence-electron chi connectivity index (χ1n) is 11.1. The molecule has 2 atom stereocenters. The van der Waals surface area contributed by atoms with Crippen LogP contribution in [-0.2, 0) is 30.3 Å². The molecule has 1 amide bonds. The first-order valence-corrected chi connectivity index (χ1v) is 11.1. The fraction of sp³-hybridized carbons (Fsp3) is 0.640. The molecule has 174 valence electrons. The molecule has 1 aromatic rings. The summed E-state index contributed by atoms with van der Waals surface area (Å²) >= 11 is 0. The number of amides is 1. The van der Waals surface area contributed by atoms with E-state index in [2.05, 4.69) is 19.2 Å². The van der Waals surface area contributed by atoms with E-state index < -0.39 is 35.4 Å². The van der Waals surface area contributed by atoms with Gasteiger partial charge in [0.1, 0.15) is 17.6 Å². The molecule has 31 heavy (non-hydrogen) atoms. The fourth-order valence-electron chi connectivity index (χ4n) is 3.13. The van der Waals surface area contributed by atoms with E-state index in [1.54, 1.807) is 27.7 Å². The van der Waals surface area contributed by atoms with Crippen molar-refractivity contribution >= 4 is 17.8 Å². The third-order valence-corrected chi connectivity index (χ3v) is 4.69. The summed E-state index contributed by atoms with van der Waals surface area (Å²) in [5, 5.41) is 2.75. The highest BCUT2D eigenvalue weighted by Gasteiger charge is 2.33. The zero-order chi connectivity index (χ0) is 23.8. The number of carbonyl (C=O) groups is 3. The van der Waals surface area contributed by atoms with Gasteiger partial charge in [0, 0.05) is 0 Å². The lowest BCUT2D eigenvalue weighted by molar-refractivity contribution is -0.161. The second kappa shape index (κ2) is 11.9. The minimum absolute atomic E-state index is 0.155. The van der Waals surface area contributed by atoms with Gasteiger partial charge in [-0.3, -0.25) is 9.59 Å². The summed E-state index contributed by atoms with van der Waals surface area (Å²) < 4.78 is 10.6. The minimum atomic E-state index is -1.04. The van der Waals surface area contributed by atoms with Gasteiger partial charge in [0.2, 0.25) is 5.91 Å². The summed E-state index contributed by atoms with van der Waals surface area (Å²) in [6.07, 6.45) is 0.616. The monoisotopic (exact) mass is 433 g/mol. The van der Waals surface area contributed by atoms with Crippen LogP contribution in [0.5, 0.6) is 0 Å². The Labute approximate surface area is 187 Å². The van der Waals surface area contributed by atoms with E-state index in [0.717, 1.165) is 5.56 Å². The van der Waals surface area contributed by atoms with Crippen molar-refractivity contribution in [2.24, 2.45) is 11.8 Å². The van der Waals surface area contributed by atoms with Crippen LogP contribution in [0.4, 0.5) is 0 Å². The van der Waals surface area contributed by atoms with Gasteiger partial charge in [-0.05, 0) is 63.5 Å². The van der Waals surface area contributed by atoms with Crippen LogP contribution in [0.1, 0.15) is 78.9 Å². The predicted molar refractivity (Wildman–Crippen MR) is 122 cm³/mol. The highest BCUT2D eigenvalue weighted by Crippen LogP contribution is 2.19. The van der Waals surface area contributed by atoms with Gasteiger partial charge in [-0.1, -0.05) is 52.0 Å². The Kier molecular flexibility index (Phi) is 10.2. The van der Waals surface area contributed by atoms with Crippen molar-refractivity contribution in [1.82, 2.24) is 5.32 Å². The molecule has 6 heteroatoms. The van der Waals surface area contributed by atoms with Gasteiger partial charge in [0.15, 0.2) is 0 Å². The van der Waals surface area contributed by atoms with Crippen molar-refractivity contribution in [1.29, 1.82) is 0 Å². The highest BCUT2D eigenvalue weighted by atomic mass is 16.6. The molecular formula is C25H39NO5. The molecule has 0 heterocycles. The van der Waals surface area contributed by atoms with Gasteiger partial charge < -0.3 is 14.8 Å². The zero-order valence-electron chi connectivity index (χ0n) is 20.3. The van der Waals surface area contributed by atoms with Crippen molar-refractivity contribution in [3.63, 3.8) is 0 Å². The maximum absolute atomic E-state index is 13.1. The van der Waals surface area contributed by atoms with Gasteiger partial charge in [-0.15, -0.1) is 0 Å². The number of rotatable bonds is 10. The minimum Gasteiger partial charge on any atom is -0.465 e. The quantitative estimate of drug-likeness (QED) is 0.437. The van der Waals surface area contributed by atoms with Gasteiger partial charge in [0.25, 0.3) is 0 Å². The lowest BCUT2D eigenvalue weighted by Crippen LogP contribution is -2.48. The van der Waals surface area contributed by atoms with Crippen LogP contribution < -0.4 is 5.32 Å². The molecular weight excluding hydrogens is 394 g/mol. The largest absolute Gasteiger partial charge is 0.465 e. The first kappa shape index (κ1) is 26.7. The molecule has 0 aliphatic rings. The van der Waals surface area contributed by atoms with Crippen molar-refractivity contribution in [3.8, 4) is 0 Å². The molecule has 0 aliphatic heterocycles. The Bertz CT molecular complexity index is 731. The van der Waals surface area contributed by atoms with Gasteiger partial charge in [-0.25, -0.2) is 4.79 Å². The first-order chi connectivity index (χ1) is 14.3. The summed E-state index contributed by atoms with van der Waals surface area (Å²) in [5.74, 6) is -2.12. The average Bonchev–Trinajstić information content (AvgIpc) is 2.64. The SMILES string of the molecule is CCOC(=O)C(Cc1ccc(C(C)C)cc1)C(=O)NC(CC(C)C)C(=O)OC(C)(C)C. The third kappa shape index (κ3) is 9.53. The van der Waals surface area contributed by atoms with Crippen LogP contribution in [0.15, 0.2) is 24.3 Å². The Morgan fingerprint density at radius 2 is 1.55 bits per heavy atom. The molecule has 6 nitrogen and oxygen atoms in total. The summed E-state index contributed by atoms with van der Waals surface area (Å²) in [5.41, 5.74) is 1.37. The van der Waals surface area contributed by atoms with Crippen LogP contribution in [0, 0.1) is 11.8 Å². The molecule has 2 unspecified atom stereocenters. The van der Waals surface area contributed by atoms with Crippen LogP contribution >= 0.6 is 0 Å². The molecule has 0 bridgehead atoms. The summed E-state index contributed by atoms with van der Waals surface area (Å²) in [6.45, 7) is 15.4. The molecule has 0 aromatic heterocycles. The van der Waals surface area contributed by atoms with Crippen LogP contribution in [0.3, 0.4) is 0 Å². The topological polar surface area (TPSA) is 81.7 Å². The van der Waals surface area contributed by atoms with Gasteiger partial charge in [0.05, 0.1) is 6.61 Å². The molecule has 0 spiro atoms. The van der Waals surface area contributed by atoms with E-state index in [4.69, 9.17) is 9.47 Å². The normalized spacial score (nSPS) is 13.6. The number of ether oxygens (including phenoxy) is 2. The number of hydrogen-bond donors (Lipinski definition) is 1. The second-order valence-corrected chi connectivity index (χ2v) is 9.63. The second-order valence-electron chi connectivity index (χ2n) is 9.63. The third-order valence-electron chi connectivity index (χ3n) is 4.69. The van der Waals surface area contributed by atoms with E-state index in [9.17, 15) is 14.4 Å². The number of esters is 2. The smallest absolute Gasteiger partial charge is 0.329 e. The van der Waals surface area contributed by atoms with E-state index >= 15 is 0 Å². The Balaban J connectivity index is 3.05. The van der Waals surface area contributed by atoms with Gasteiger partial charge in [-0.2, -0.15) is 0 Å². The molecule has 1 rings (SSSR count). The maximum Gasteiger partial charge on any atom is 0.329 e. The van der Waals surface area contributed by atoms with E-state index in [1.165, 1.54) is 5.56 Å². The zero-order valence-corrected chi connectivity index (χ0v) is 20.3. The van der Waals surface area contributed by atoms with Crippen molar-refractivity contribution in [2.75, 3.05) is 6.61 Å². The van der Waals surface area contributed by atoms with Crippen LogP contribution in [-0.4, -0.2) is 36.1 Å². The van der Waals surface area contributed by atoms with Crippen molar-refractivity contribution < 1.29 is 23.9 Å².